The lowest BCUT2D eigenvalue weighted by Gasteiger charge is -2.60. The molecule has 0 amide bonds. The van der Waals surface area contributed by atoms with Gasteiger partial charge in [0.1, 0.15) is 0 Å². The van der Waals surface area contributed by atoms with Crippen molar-refractivity contribution in [3.05, 3.63) is 35.4 Å². The highest BCUT2D eigenvalue weighted by Crippen LogP contribution is 2.60. The van der Waals surface area contributed by atoms with E-state index < -0.39 is 0 Å². The molecule has 2 N–H and O–H groups in total. The van der Waals surface area contributed by atoms with Crippen LogP contribution in [0.2, 0.25) is 0 Å². The van der Waals surface area contributed by atoms with Crippen LogP contribution in [-0.4, -0.2) is 5.54 Å². The fourth-order valence-electron chi connectivity index (χ4n) is 5.48. The fourth-order valence-corrected chi connectivity index (χ4v) is 5.48. The first-order chi connectivity index (χ1) is 8.64. The van der Waals surface area contributed by atoms with E-state index in [0.29, 0.717) is 5.92 Å². The minimum atomic E-state index is 0.115. The van der Waals surface area contributed by atoms with Crippen LogP contribution in [-0.2, 0) is 0 Å². The lowest BCUT2D eigenvalue weighted by molar-refractivity contribution is -0.0221. The zero-order valence-electron chi connectivity index (χ0n) is 11.2. The van der Waals surface area contributed by atoms with Crippen molar-refractivity contribution in [2.75, 3.05) is 0 Å². The summed E-state index contributed by atoms with van der Waals surface area (Å²) >= 11 is 0. The van der Waals surface area contributed by atoms with Crippen LogP contribution in [0.15, 0.2) is 24.3 Å². The summed E-state index contributed by atoms with van der Waals surface area (Å²) in [4.78, 5) is 0. The Morgan fingerprint density at radius 1 is 1.00 bits per heavy atom. The molecule has 0 saturated heterocycles. The lowest BCUT2D eigenvalue weighted by atomic mass is 9.47. The predicted octanol–water partition coefficient (Wildman–Crippen LogP) is 3.62. The Morgan fingerprint density at radius 3 is 2.17 bits per heavy atom. The van der Waals surface area contributed by atoms with Gasteiger partial charge in [0.15, 0.2) is 0 Å². The molecule has 4 aliphatic rings. The summed E-state index contributed by atoms with van der Waals surface area (Å²) in [5, 5.41) is 0. The van der Waals surface area contributed by atoms with E-state index in [-0.39, 0.29) is 5.54 Å². The maximum atomic E-state index is 6.84. The summed E-state index contributed by atoms with van der Waals surface area (Å²) < 4.78 is 0. The summed E-state index contributed by atoms with van der Waals surface area (Å²) in [5.74, 6) is 3.37. The van der Waals surface area contributed by atoms with Gasteiger partial charge < -0.3 is 5.73 Å². The second-order valence-corrected chi connectivity index (χ2v) is 7.23. The molecule has 1 aromatic carbocycles. The van der Waals surface area contributed by atoms with Gasteiger partial charge in [-0.25, -0.2) is 0 Å². The molecule has 0 aliphatic heterocycles. The summed E-state index contributed by atoms with van der Waals surface area (Å²) in [6, 6.07) is 9.17. The van der Waals surface area contributed by atoms with Crippen LogP contribution < -0.4 is 5.73 Å². The minimum Gasteiger partial charge on any atom is -0.325 e. The molecule has 3 unspecified atom stereocenters. The predicted molar refractivity (Wildman–Crippen MR) is 74.4 cm³/mol. The molecular formula is C17H23N. The molecule has 0 heterocycles. The number of aryl methyl sites for hydroxylation is 1. The molecule has 1 nitrogen and oxygen atoms in total. The van der Waals surface area contributed by atoms with Gasteiger partial charge in [0.2, 0.25) is 0 Å². The zero-order chi connectivity index (χ0) is 12.3. The van der Waals surface area contributed by atoms with E-state index in [2.05, 4.69) is 31.2 Å². The van der Waals surface area contributed by atoms with Gasteiger partial charge in [0, 0.05) is 11.5 Å². The quantitative estimate of drug-likeness (QED) is 0.798. The Balaban J connectivity index is 1.74. The van der Waals surface area contributed by atoms with Crippen LogP contribution in [0, 0.1) is 24.7 Å². The Hall–Kier alpha value is -0.820. The SMILES string of the molecule is Cc1ccc(C2C3CC4CC(C3)CC2(N)C4)cc1. The molecule has 5 rings (SSSR count). The summed E-state index contributed by atoms with van der Waals surface area (Å²) in [6.45, 7) is 2.17. The van der Waals surface area contributed by atoms with E-state index in [1.54, 1.807) is 0 Å². The maximum Gasteiger partial charge on any atom is 0.0231 e. The second kappa shape index (κ2) is 3.60. The summed E-state index contributed by atoms with van der Waals surface area (Å²) in [5.41, 5.74) is 9.81. The van der Waals surface area contributed by atoms with Gasteiger partial charge in [-0.2, -0.15) is 0 Å². The van der Waals surface area contributed by atoms with Crippen LogP contribution in [0.4, 0.5) is 0 Å². The van der Waals surface area contributed by atoms with E-state index in [1.165, 1.54) is 43.2 Å². The standard InChI is InChI=1S/C17H23N/c1-11-2-4-14(5-3-11)16-15-7-12-6-13(8-15)10-17(16,18)9-12/h2-5,12-13,15-16H,6-10,18H2,1H3. The molecule has 96 valence electrons. The van der Waals surface area contributed by atoms with E-state index >= 15 is 0 Å². The Bertz CT molecular complexity index is 447. The highest BCUT2D eigenvalue weighted by atomic mass is 14.8. The van der Waals surface area contributed by atoms with Crippen molar-refractivity contribution < 1.29 is 0 Å². The van der Waals surface area contributed by atoms with Gasteiger partial charge in [-0.05, 0) is 62.3 Å². The Kier molecular flexibility index (Phi) is 2.21. The first kappa shape index (κ1) is 11.0. The van der Waals surface area contributed by atoms with E-state index in [9.17, 15) is 0 Å². The van der Waals surface area contributed by atoms with Gasteiger partial charge in [-0.1, -0.05) is 29.8 Å². The van der Waals surface area contributed by atoms with E-state index in [4.69, 9.17) is 5.73 Å². The van der Waals surface area contributed by atoms with Crippen LogP contribution in [0.1, 0.15) is 49.1 Å². The van der Waals surface area contributed by atoms with Gasteiger partial charge >= 0.3 is 0 Å². The molecule has 3 atom stereocenters. The second-order valence-electron chi connectivity index (χ2n) is 7.23. The highest BCUT2D eigenvalue weighted by molar-refractivity contribution is 5.31. The molecule has 0 radical (unpaired) electrons. The Labute approximate surface area is 110 Å². The molecule has 4 saturated carbocycles. The van der Waals surface area contributed by atoms with Crippen molar-refractivity contribution in [2.45, 2.75) is 50.5 Å². The average Bonchev–Trinajstić information content (AvgIpc) is 2.29. The van der Waals surface area contributed by atoms with Crippen LogP contribution in [0.3, 0.4) is 0 Å². The molecule has 1 heteroatoms. The minimum absolute atomic E-state index is 0.115. The van der Waals surface area contributed by atoms with Crippen molar-refractivity contribution in [1.29, 1.82) is 0 Å². The van der Waals surface area contributed by atoms with Crippen molar-refractivity contribution in [1.82, 2.24) is 0 Å². The van der Waals surface area contributed by atoms with E-state index in [0.717, 1.165) is 17.8 Å². The van der Waals surface area contributed by atoms with Gasteiger partial charge in [0.25, 0.3) is 0 Å². The first-order valence-electron chi connectivity index (χ1n) is 7.49. The third-order valence-corrected chi connectivity index (χ3v) is 5.80. The number of nitrogens with two attached hydrogens (primary N) is 1. The van der Waals surface area contributed by atoms with Crippen molar-refractivity contribution in [3.63, 3.8) is 0 Å². The third kappa shape index (κ3) is 1.50. The smallest absolute Gasteiger partial charge is 0.0231 e. The maximum absolute atomic E-state index is 6.84. The first-order valence-corrected chi connectivity index (χ1v) is 7.49. The third-order valence-electron chi connectivity index (χ3n) is 5.80. The number of rotatable bonds is 1. The van der Waals surface area contributed by atoms with Crippen molar-refractivity contribution in [3.8, 4) is 0 Å². The molecular weight excluding hydrogens is 218 g/mol. The number of hydrogen-bond donors (Lipinski definition) is 1. The Morgan fingerprint density at radius 2 is 1.61 bits per heavy atom. The summed E-state index contributed by atoms with van der Waals surface area (Å²) in [7, 11) is 0. The highest BCUT2D eigenvalue weighted by Gasteiger charge is 2.55. The van der Waals surface area contributed by atoms with Crippen molar-refractivity contribution >= 4 is 0 Å². The number of benzene rings is 1. The van der Waals surface area contributed by atoms with Gasteiger partial charge in [-0.3, -0.25) is 0 Å². The monoisotopic (exact) mass is 241 g/mol. The summed E-state index contributed by atoms with van der Waals surface area (Å²) in [6.07, 6.45) is 6.90. The molecule has 18 heavy (non-hydrogen) atoms. The largest absolute Gasteiger partial charge is 0.325 e. The molecule has 4 bridgehead atoms. The molecule has 1 aromatic rings. The number of hydrogen-bond acceptors (Lipinski definition) is 1. The lowest BCUT2D eigenvalue weighted by Crippen LogP contribution is -2.60. The van der Waals surface area contributed by atoms with E-state index in [1.807, 2.05) is 0 Å². The van der Waals surface area contributed by atoms with Crippen molar-refractivity contribution in [2.24, 2.45) is 23.5 Å². The fraction of sp³-hybridized carbons (Fsp3) is 0.647. The molecule has 0 aromatic heterocycles. The van der Waals surface area contributed by atoms with Crippen LogP contribution in [0.25, 0.3) is 0 Å². The normalized spacial score (nSPS) is 45.4. The molecule has 0 spiro atoms. The van der Waals surface area contributed by atoms with Crippen LogP contribution >= 0.6 is 0 Å². The average molecular weight is 241 g/mol. The van der Waals surface area contributed by atoms with Crippen LogP contribution in [0.5, 0.6) is 0 Å². The molecule has 4 aliphatic carbocycles. The topological polar surface area (TPSA) is 26.0 Å². The zero-order valence-corrected chi connectivity index (χ0v) is 11.2. The van der Waals surface area contributed by atoms with Gasteiger partial charge in [-0.15, -0.1) is 0 Å². The van der Waals surface area contributed by atoms with Gasteiger partial charge in [0.05, 0.1) is 0 Å². The molecule has 4 fully saturated rings.